The lowest BCUT2D eigenvalue weighted by molar-refractivity contribution is -0.223. The van der Waals surface area contributed by atoms with Crippen LogP contribution in [-0.4, -0.2) is 86.5 Å². The van der Waals surface area contributed by atoms with Crippen molar-refractivity contribution in [2.75, 3.05) is 13.2 Å². The summed E-state index contributed by atoms with van der Waals surface area (Å²) in [4.78, 5) is 0. The van der Waals surface area contributed by atoms with Gasteiger partial charge in [0.2, 0.25) is 0 Å². The van der Waals surface area contributed by atoms with Crippen molar-refractivity contribution in [3.05, 3.63) is 0 Å². The summed E-state index contributed by atoms with van der Waals surface area (Å²) in [5.74, 6) is 0. The van der Waals surface area contributed by atoms with Crippen LogP contribution in [0.15, 0.2) is 0 Å². The molecule has 1 rings (SSSR count). The van der Waals surface area contributed by atoms with E-state index in [1.165, 1.54) is 0 Å². The molecular weight excluding hydrogens is 234 g/mol. The van der Waals surface area contributed by atoms with Crippen LogP contribution in [0.1, 0.15) is 0 Å². The van der Waals surface area contributed by atoms with Crippen LogP contribution >= 0.6 is 0 Å². The Hall–Kier alpha value is -0.320. The highest BCUT2D eigenvalue weighted by Gasteiger charge is 2.46. The van der Waals surface area contributed by atoms with Crippen LogP contribution in [0.2, 0.25) is 0 Å². The number of rotatable bonds is 4. The fourth-order valence-electron chi connectivity index (χ4n) is 1.80. The van der Waals surface area contributed by atoms with Crippen molar-refractivity contribution in [2.24, 2.45) is 5.73 Å². The van der Waals surface area contributed by atoms with Gasteiger partial charge in [-0.05, 0) is 0 Å². The predicted octanol–water partition coefficient (Wildman–Crippen LogP) is -4.49. The van der Waals surface area contributed by atoms with E-state index in [9.17, 15) is 20.4 Å². The zero-order valence-electron chi connectivity index (χ0n) is 9.12. The highest BCUT2D eigenvalue weighted by molar-refractivity contribution is 4.98. The first-order valence-electron chi connectivity index (χ1n) is 5.29. The molecule has 0 aromatic carbocycles. The second kappa shape index (κ2) is 6.03. The van der Waals surface area contributed by atoms with Gasteiger partial charge in [-0.1, -0.05) is 0 Å². The van der Waals surface area contributed by atoms with Gasteiger partial charge >= 0.3 is 0 Å². The molecule has 0 radical (unpaired) electrons. The first-order valence-corrected chi connectivity index (χ1v) is 5.29. The molecule has 1 aliphatic heterocycles. The fourth-order valence-corrected chi connectivity index (χ4v) is 1.80. The normalized spacial score (nSPS) is 42.2. The lowest BCUT2D eigenvalue weighted by atomic mass is 9.89. The molecule has 1 heterocycles. The van der Waals surface area contributed by atoms with E-state index in [-0.39, 0.29) is 0 Å². The third kappa shape index (κ3) is 2.92. The Morgan fingerprint density at radius 1 is 1.12 bits per heavy atom. The molecule has 8 nitrogen and oxygen atoms in total. The molecule has 0 bridgehead atoms. The molecule has 102 valence electrons. The highest BCUT2D eigenvalue weighted by atomic mass is 16.5. The molecule has 1 aliphatic rings. The Morgan fingerprint density at radius 3 is 2.18 bits per heavy atom. The lowest BCUT2D eigenvalue weighted by Crippen LogP contribution is -2.66. The highest BCUT2D eigenvalue weighted by Crippen LogP contribution is 2.23. The second-order valence-electron chi connectivity index (χ2n) is 4.12. The number of hydrogen-bond donors (Lipinski definition) is 7. The minimum absolute atomic E-state index is 0.566. The van der Waals surface area contributed by atoms with Gasteiger partial charge in [0, 0.05) is 0 Å². The summed E-state index contributed by atoms with van der Waals surface area (Å²) in [6.07, 6.45) is -8.06. The van der Waals surface area contributed by atoms with Gasteiger partial charge in [0.1, 0.15) is 36.6 Å². The van der Waals surface area contributed by atoms with E-state index in [2.05, 4.69) is 0 Å². The summed E-state index contributed by atoms with van der Waals surface area (Å²) >= 11 is 0. The van der Waals surface area contributed by atoms with Gasteiger partial charge in [0.05, 0.1) is 19.3 Å². The first kappa shape index (κ1) is 14.7. The molecule has 0 aliphatic carbocycles. The molecule has 0 aromatic rings. The Balaban J connectivity index is 2.78. The van der Waals surface area contributed by atoms with E-state index < -0.39 is 55.9 Å². The maximum Gasteiger partial charge on any atom is 0.110 e. The topological polar surface area (TPSA) is 157 Å². The summed E-state index contributed by atoms with van der Waals surface area (Å²) in [5, 5.41) is 55.6. The predicted molar refractivity (Wildman–Crippen MR) is 54.8 cm³/mol. The minimum atomic E-state index is -1.52. The average molecular weight is 253 g/mol. The fraction of sp³-hybridized carbons (Fsp3) is 1.00. The van der Waals surface area contributed by atoms with E-state index >= 15 is 0 Å². The van der Waals surface area contributed by atoms with Crippen LogP contribution in [-0.2, 0) is 4.74 Å². The summed E-state index contributed by atoms with van der Waals surface area (Å²) in [6.45, 7) is -1.26. The maximum absolute atomic E-state index is 9.64. The zero-order valence-corrected chi connectivity index (χ0v) is 9.12. The molecule has 0 saturated carbocycles. The molecule has 8 N–H and O–H groups in total. The van der Waals surface area contributed by atoms with Crippen molar-refractivity contribution < 1.29 is 35.4 Å². The molecule has 1 fully saturated rings. The van der Waals surface area contributed by atoms with Gasteiger partial charge in [-0.25, -0.2) is 0 Å². The SMILES string of the molecule is N[C@H]1C(C(O)C(O)CO)O[C@H](CO)[C@@H](O)[C@@H]1O. The van der Waals surface area contributed by atoms with Gasteiger partial charge in [0.25, 0.3) is 0 Å². The van der Waals surface area contributed by atoms with Crippen LogP contribution < -0.4 is 5.73 Å². The third-order valence-corrected chi connectivity index (χ3v) is 2.93. The zero-order chi connectivity index (χ0) is 13.2. The Kier molecular flexibility index (Phi) is 5.22. The smallest absolute Gasteiger partial charge is 0.110 e. The third-order valence-electron chi connectivity index (χ3n) is 2.93. The molecule has 0 spiro atoms. The van der Waals surface area contributed by atoms with E-state index in [1.807, 2.05) is 0 Å². The van der Waals surface area contributed by atoms with Crippen molar-refractivity contribution in [3.8, 4) is 0 Å². The summed E-state index contributed by atoms with van der Waals surface area (Å²) in [5.41, 5.74) is 5.55. The number of nitrogens with two attached hydrogens (primary N) is 1. The Bertz CT molecular complexity index is 235. The van der Waals surface area contributed by atoms with Crippen molar-refractivity contribution in [2.45, 2.75) is 42.7 Å². The van der Waals surface area contributed by atoms with Crippen molar-refractivity contribution >= 4 is 0 Å². The van der Waals surface area contributed by atoms with Crippen molar-refractivity contribution in [3.63, 3.8) is 0 Å². The summed E-state index contributed by atoms with van der Waals surface area (Å²) in [7, 11) is 0. The van der Waals surface area contributed by atoms with Crippen LogP contribution in [0.25, 0.3) is 0 Å². The van der Waals surface area contributed by atoms with Crippen LogP contribution in [0.3, 0.4) is 0 Å². The van der Waals surface area contributed by atoms with Crippen molar-refractivity contribution in [1.29, 1.82) is 0 Å². The van der Waals surface area contributed by atoms with E-state index in [0.29, 0.717) is 0 Å². The first-order chi connectivity index (χ1) is 7.93. The Labute approximate surface area is 97.9 Å². The maximum atomic E-state index is 9.64. The largest absolute Gasteiger partial charge is 0.394 e. The quantitative estimate of drug-likeness (QED) is 0.264. The summed E-state index contributed by atoms with van der Waals surface area (Å²) in [6, 6.07) is -1.14. The van der Waals surface area contributed by atoms with Gasteiger partial charge in [-0.2, -0.15) is 0 Å². The lowest BCUT2D eigenvalue weighted by Gasteiger charge is -2.43. The van der Waals surface area contributed by atoms with Gasteiger partial charge < -0.3 is 41.1 Å². The Morgan fingerprint density at radius 2 is 1.71 bits per heavy atom. The monoisotopic (exact) mass is 253 g/mol. The second-order valence-corrected chi connectivity index (χ2v) is 4.12. The number of aliphatic hydroxyl groups is 6. The molecule has 8 heteroatoms. The van der Waals surface area contributed by atoms with Crippen LogP contribution in [0.5, 0.6) is 0 Å². The number of aliphatic hydroxyl groups excluding tert-OH is 6. The molecule has 1 saturated heterocycles. The average Bonchev–Trinajstić information content (AvgIpc) is 2.34. The van der Waals surface area contributed by atoms with Gasteiger partial charge in [-0.15, -0.1) is 0 Å². The van der Waals surface area contributed by atoms with Gasteiger partial charge in [-0.3, -0.25) is 0 Å². The van der Waals surface area contributed by atoms with Crippen LogP contribution in [0.4, 0.5) is 0 Å². The van der Waals surface area contributed by atoms with Crippen molar-refractivity contribution in [1.82, 2.24) is 0 Å². The number of ether oxygens (including phenoxy) is 1. The molecule has 0 amide bonds. The van der Waals surface area contributed by atoms with E-state index in [4.69, 9.17) is 20.7 Å². The van der Waals surface area contributed by atoms with E-state index in [0.717, 1.165) is 0 Å². The minimum Gasteiger partial charge on any atom is -0.394 e. The molecule has 17 heavy (non-hydrogen) atoms. The molecule has 7 atom stereocenters. The molecule has 3 unspecified atom stereocenters. The molecular formula is C9H19NO7. The van der Waals surface area contributed by atoms with E-state index in [1.54, 1.807) is 0 Å². The molecule has 0 aromatic heterocycles. The summed E-state index contributed by atoms with van der Waals surface area (Å²) < 4.78 is 5.11. The standard InChI is InChI=1S/C9H19NO7/c10-5-8(16)7(15)4(2-12)17-9(5)6(14)3(13)1-11/h3-9,11-16H,1-2,10H2/t3?,4-,5-,6?,7-,8-,9?/m1/s1. The number of hydrogen-bond acceptors (Lipinski definition) is 8. The van der Waals surface area contributed by atoms with Gasteiger partial charge in [0.15, 0.2) is 0 Å². The van der Waals surface area contributed by atoms with Crippen LogP contribution in [0, 0.1) is 0 Å².